The predicted octanol–water partition coefficient (Wildman–Crippen LogP) is 2.57. The molecule has 2 aromatic rings. The number of benzene rings is 1. The molecule has 0 aliphatic heterocycles. The molecule has 5 nitrogen and oxygen atoms in total. The maximum atomic E-state index is 10.5. The van der Waals surface area contributed by atoms with Gasteiger partial charge in [0.1, 0.15) is 12.2 Å². The molecule has 0 aliphatic rings. The summed E-state index contributed by atoms with van der Waals surface area (Å²) >= 11 is 0. The van der Waals surface area contributed by atoms with Gasteiger partial charge in [-0.1, -0.05) is 35.4 Å². The van der Waals surface area contributed by atoms with E-state index in [0.717, 1.165) is 29.7 Å². The molecule has 0 radical (unpaired) electrons. The Bertz CT molecular complexity index is 642. The Labute approximate surface area is 130 Å². The molecule has 1 aromatic heterocycles. The zero-order chi connectivity index (χ0) is 15.9. The summed E-state index contributed by atoms with van der Waals surface area (Å²) in [6.07, 6.45) is 2.63. The monoisotopic (exact) mass is 300 g/mol. The van der Waals surface area contributed by atoms with Gasteiger partial charge in [-0.25, -0.2) is 0 Å². The van der Waals surface area contributed by atoms with Crippen molar-refractivity contribution < 1.29 is 14.6 Å². The normalized spacial score (nSPS) is 10.6. The number of carboxylic acids is 1. The van der Waals surface area contributed by atoms with Crippen LogP contribution in [0.25, 0.3) is 11.3 Å². The summed E-state index contributed by atoms with van der Waals surface area (Å²) in [6, 6.07) is 12.0. The third-order valence-corrected chi connectivity index (χ3v) is 3.59. The van der Waals surface area contributed by atoms with E-state index in [-0.39, 0.29) is 6.42 Å². The number of hydrogen-bond donors (Lipinski definition) is 2. The first-order valence-electron chi connectivity index (χ1n) is 7.52. The van der Waals surface area contributed by atoms with Crippen LogP contribution >= 0.6 is 0 Å². The molecule has 0 unspecified atom stereocenters. The van der Waals surface area contributed by atoms with Crippen molar-refractivity contribution in [2.24, 2.45) is 0 Å². The van der Waals surface area contributed by atoms with Crippen molar-refractivity contribution in [3.05, 3.63) is 42.0 Å². The van der Waals surface area contributed by atoms with Crippen LogP contribution < -0.4 is 10.4 Å². The largest absolute Gasteiger partial charge is 0.481 e. The Morgan fingerprint density at radius 2 is 1.95 bits per heavy atom. The summed E-state index contributed by atoms with van der Waals surface area (Å²) in [4.78, 5) is 10.5. The highest BCUT2D eigenvalue weighted by Crippen LogP contribution is 2.18. The first kappa shape index (κ1) is 15.9. The number of aliphatic carboxylic acids is 1. The molecule has 0 amide bonds. The molecule has 0 saturated heterocycles. The van der Waals surface area contributed by atoms with Gasteiger partial charge >= 0.3 is 5.97 Å². The summed E-state index contributed by atoms with van der Waals surface area (Å²) in [5.41, 5.74) is 9.06. The van der Waals surface area contributed by atoms with E-state index in [0.29, 0.717) is 18.8 Å². The number of hydrogen-bond acceptors (Lipinski definition) is 3. The molecule has 1 aromatic carbocycles. The van der Waals surface area contributed by atoms with Crippen molar-refractivity contribution in [3.8, 4) is 11.3 Å². The molecule has 0 aliphatic carbocycles. The Balaban J connectivity index is 2.07. The maximum absolute atomic E-state index is 10.5. The highest BCUT2D eigenvalue weighted by molar-refractivity contribution is 5.66. The third-order valence-electron chi connectivity index (χ3n) is 3.59. The van der Waals surface area contributed by atoms with E-state index < -0.39 is 5.97 Å². The molecular weight excluding hydrogens is 278 g/mol. The fourth-order valence-corrected chi connectivity index (χ4v) is 2.33. The van der Waals surface area contributed by atoms with Crippen LogP contribution in [0.3, 0.4) is 0 Å². The van der Waals surface area contributed by atoms with Crippen LogP contribution in [0, 0.1) is 6.92 Å². The number of nitrogens with zero attached hydrogens (tertiary/aromatic N) is 2. The van der Waals surface area contributed by atoms with Crippen LogP contribution in [-0.2, 0) is 11.3 Å². The first-order chi connectivity index (χ1) is 10.6. The van der Waals surface area contributed by atoms with Gasteiger partial charge in [0.2, 0.25) is 0 Å². The average Bonchev–Trinajstić information content (AvgIpc) is 2.51. The highest BCUT2D eigenvalue weighted by Gasteiger charge is 2.13. The summed E-state index contributed by atoms with van der Waals surface area (Å²) in [5, 5.41) is 13.2. The molecule has 1 heterocycles. The minimum absolute atomic E-state index is 0.219. The minimum Gasteiger partial charge on any atom is -0.481 e. The van der Waals surface area contributed by atoms with Crippen LogP contribution in [0.2, 0.25) is 0 Å². The molecule has 0 saturated carbocycles. The second-order valence-electron chi connectivity index (χ2n) is 5.39. The Morgan fingerprint density at radius 1 is 1.23 bits per heavy atom. The van der Waals surface area contributed by atoms with E-state index in [2.05, 4.69) is 5.10 Å². The van der Waals surface area contributed by atoms with Crippen molar-refractivity contribution in [1.82, 2.24) is 5.10 Å². The Kier molecular flexibility index (Phi) is 5.47. The summed E-state index contributed by atoms with van der Waals surface area (Å²) in [6.45, 7) is 2.68. The van der Waals surface area contributed by atoms with Crippen LogP contribution in [0.5, 0.6) is 0 Å². The Hall–Kier alpha value is -2.43. The molecular formula is C17H22N3O2+. The number of carboxylic acid groups (broad SMARTS) is 1. The molecule has 0 atom stereocenters. The smallest absolute Gasteiger partial charge is 0.303 e. The zero-order valence-corrected chi connectivity index (χ0v) is 12.8. The number of aromatic nitrogens is 2. The molecule has 0 spiro atoms. The topological polar surface area (TPSA) is 80.1 Å². The molecule has 5 heteroatoms. The van der Waals surface area contributed by atoms with Crippen LogP contribution in [-0.4, -0.2) is 16.2 Å². The van der Waals surface area contributed by atoms with Crippen molar-refractivity contribution in [1.29, 1.82) is 0 Å². The van der Waals surface area contributed by atoms with Gasteiger partial charge in [-0.2, -0.15) is 0 Å². The highest BCUT2D eigenvalue weighted by atomic mass is 16.4. The zero-order valence-electron chi connectivity index (χ0n) is 12.8. The first-order valence-corrected chi connectivity index (χ1v) is 7.52. The number of unbranched alkanes of at least 4 members (excludes halogenated alkanes) is 2. The molecule has 0 bridgehead atoms. The molecule has 3 N–H and O–H groups in total. The number of nitrogens with two attached hydrogens (primary N) is 1. The van der Waals surface area contributed by atoms with Crippen LogP contribution in [0.4, 0.5) is 5.82 Å². The lowest BCUT2D eigenvalue weighted by Crippen LogP contribution is -2.42. The van der Waals surface area contributed by atoms with Crippen molar-refractivity contribution in [2.45, 2.75) is 39.2 Å². The van der Waals surface area contributed by atoms with E-state index in [4.69, 9.17) is 10.8 Å². The van der Waals surface area contributed by atoms with Gasteiger partial charge in [-0.3, -0.25) is 10.5 Å². The number of carbonyl (C=O) groups is 1. The summed E-state index contributed by atoms with van der Waals surface area (Å²) in [7, 11) is 0. The molecule has 116 valence electrons. The number of nitrogen functional groups attached to an aromatic ring is 1. The number of aryl methyl sites for hydroxylation is 2. The predicted molar refractivity (Wildman–Crippen MR) is 85.1 cm³/mol. The van der Waals surface area contributed by atoms with Gasteiger partial charge in [-0.15, -0.1) is 4.68 Å². The standard InChI is InChI=1S/C17H21N3O2/c1-13-12-15(14-8-4-2-5-9-14)19-20(17(13)18)11-7-3-6-10-16(21)22/h2,4-5,8-9,12,18H,3,6-7,10-11H2,1H3,(H,21,22)/p+1. The third kappa shape index (κ3) is 4.28. The van der Waals surface area contributed by atoms with Crippen molar-refractivity contribution in [2.75, 3.05) is 5.73 Å². The second kappa shape index (κ2) is 7.54. The van der Waals surface area contributed by atoms with Crippen LogP contribution in [0.1, 0.15) is 31.2 Å². The SMILES string of the molecule is Cc1cc(-c2ccccc2)n[n+](CCCCCC(=O)O)c1N. The maximum Gasteiger partial charge on any atom is 0.303 e. The van der Waals surface area contributed by atoms with E-state index >= 15 is 0 Å². The van der Waals surface area contributed by atoms with Gasteiger partial charge < -0.3 is 5.11 Å². The lowest BCUT2D eigenvalue weighted by atomic mass is 10.1. The van der Waals surface area contributed by atoms with E-state index in [1.807, 2.05) is 48.0 Å². The lowest BCUT2D eigenvalue weighted by Gasteiger charge is -2.07. The van der Waals surface area contributed by atoms with Gasteiger partial charge in [-0.05, 0) is 32.3 Å². The summed E-state index contributed by atoms with van der Waals surface area (Å²) in [5.74, 6) is -0.0786. The van der Waals surface area contributed by atoms with Crippen molar-refractivity contribution in [3.63, 3.8) is 0 Å². The fourth-order valence-electron chi connectivity index (χ4n) is 2.33. The number of rotatable bonds is 7. The van der Waals surface area contributed by atoms with E-state index in [1.54, 1.807) is 0 Å². The van der Waals surface area contributed by atoms with E-state index in [9.17, 15) is 4.79 Å². The molecule has 22 heavy (non-hydrogen) atoms. The van der Waals surface area contributed by atoms with Gasteiger partial charge in [0.25, 0.3) is 5.82 Å². The quantitative estimate of drug-likeness (QED) is 0.608. The van der Waals surface area contributed by atoms with Crippen molar-refractivity contribution >= 4 is 11.8 Å². The van der Waals surface area contributed by atoms with Gasteiger partial charge in [0.05, 0.1) is 0 Å². The lowest BCUT2D eigenvalue weighted by molar-refractivity contribution is -0.740. The van der Waals surface area contributed by atoms with Gasteiger partial charge in [0, 0.05) is 17.5 Å². The van der Waals surface area contributed by atoms with Crippen LogP contribution in [0.15, 0.2) is 36.4 Å². The van der Waals surface area contributed by atoms with Gasteiger partial charge in [0.15, 0.2) is 0 Å². The molecule has 0 fully saturated rings. The number of anilines is 1. The average molecular weight is 300 g/mol. The Morgan fingerprint density at radius 3 is 2.64 bits per heavy atom. The minimum atomic E-state index is -0.743. The molecule has 2 rings (SSSR count). The second-order valence-corrected chi connectivity index (χ2v) is 5.39. The fraction of sp³-hybridized carbons (Fsp3) is 0.353. The van der Waals surface area contributed by atoms with E-state index in [1.165, 1.54) is 0 Å². The summed E-state index contributed by atoms with van der Waals surface area (Å²) < 4.78 is 1.82.